The highest BCUT2D eigenvalue weighted by Crippen LogP contribution is 2.28. The van der Waals surface area contributed by atoms with Crippen LogP contribution in [0.5, 0.6) is 0 Å². The number of benzene rings is 1. The van der Waals surface area contributed by atoms with Crippen LogP contribution in [-0.4, -0.2) is 6.54 Å². The van der Waals surface area contributed by atoms with Crippen molar-refractivity contribution in [2.45, 2.75) is 39.2 Å². The fraction of sp³-hybridized carbons (Fsp3) is 0.600. The maximum Gasteiger partial charge on any atom is 0.0359 e. The maximum atomic E-state index is 5.92. The minimum absolute atomic E-state index is 0.865. The Kier molecular flexibility index (Phi) is 4.43. The van der Waals surface area contributed by atoms with E-state index in [1.165, 1.54) is 31.2 Å². The molecule has 0 radical (unpaired) electrons. The van der Waals surface area contributed by atoms with Crippen molar-refractivity contribution >= 4 is 5.69 Å². The fourth-order valence-corrected chi connectivity index (χ4v) is 2.85. The van der Waals surface area contributed by atoms with Crippen LogP contribution in [-0.2, 0) is 6.54 Å². The van der Waals surface area contributed by atoms with Gasteiger partial charge in [-0.3, -0.25) is 0 Å². The van der Waals surface area contributed by atoms with Crippen molar-refractivity contribution in [3.8, 4) is 0 Å². The van der Waals surface area contributed by atoms with E-state index < -0.39 is 0 Å². The minimum atomic E-state index is 0.865. The van der Waals surface area contributed by atoms with Gasteiger partial charge in [-0.25, -0.2) is 0 Å². The Morgan fingerprint density at radius 2 is 2.12 bits per heavy atom. The molecule has 0 spiro atoms. The van der Waals surface area contributed by atoms with E-state index in [2.05, 4.69) is 24.4 Å². The van der Waals surface area contributed by atoms with Gasteiger partial charge in [0, 0.05) is 12.2 Å². The van der Waals surface area contributed by atoms with Crippen LogP contribution < -0.4 is 11.1 Å². The number of nitrogen functional groups attached to an aromatic ring is 1. The topological polar surface area (TPSA) is 38.0 Å². The number of hydrogen-bond donors (Lipinski definition) is 2. The van der Waals surface area contributed by atoms with Gasteiger partial charge < -0.3 is 11.1 Å². The first-order valence-corrected chi connectivity index (χ1v) is 6.80. The first kappa shape index (κ1) is 12.4. The highest BCUT2D eigenvalue weighted by molar-refractivity contribution is 5.46. The van der Waals surface area contributed by atoms with Crippen molar-refractivity contribution in [3.63, 3.8) is 0 Å². The molecule has 1 aliphatic carbocycles. The van der Waals surface area contributed by atoms with Crippen LogP contribution >= 0.6 is 0 Å². The van der Waals surface area contributed by atoms with E-state index >= 15 is 0 Å². The number of para-hydroxylation sites is 1. The van der Waals surface area contributed by atoms with Gasteiger partial charge in [0.15, 0.2) is 0 Å². The van der Waals surface area contributed by atoms with Crippen LogP contribution in [0.15, 0.2) is 24.3 Å². The van der Waals surface area contributed by atoms with Gasteiger partial charge in [0.1, 0.15) is 0 Å². The highest BCUT2D eigenvalue weighted by Gasteiger charge is 2.18. The summed E-state index contributed by atoms with van der Waals surface area (Å²) in [6.07, 6.45) is 5.60. The van der Waals surface area contributed by atoms with Gasteiger partial charge in [-0.2, -0.15) is 0 Å². The summed E-state index contributed by atoms with van der Waals surface area (Å²) in [4.78, 5) is 0. The first-order chi connectivity index (χ1) is 8.25. The molecular weight excluding hydrogens is 208 g/mol. The van der Waals surface area contributed by atoms with Crippen molar-refractivity contribution in [3.05, 3.63) is 29.8 Å². The lowest BCUT2D eigenvalue weighted by Crippen LogP contribution is -2.26. The fourth-order valence-electron chi connectivity index (χ4n) is 2.85. The molecule has 2 nitrogen and oxygen atoms in total. The highest BCUT2D eigenvalue weighted by atomic mass is 14.9. The molecule has 3 N–H and O–H groups in total. The molecule has 2 rings (SSSR count). The third-order valence-electron chi connectivity index (χ3n) is 3.85. The molecule has 2 unspecified atom stereocenters. The molecule has 0 heterocycles. The summed E-state index contributed by atoms with van der Waals surface area (Å²) < 4.78 is 0. The second-order valence-corrected chi connectivity index (χ2v) is 5.47. The summed E-state index contributed by atoms with van der Waals surface area (Å²) in [5, 5.41) is 3.55. The Labute approximate surface area is 105 Å². The second kappa shape index (κ2) is 6.06. The summed E-state index contributed by atoms with van der Waals surface area (Å²) in [5.41, 5.74) is 8.04. The molecule has 1 aliphatic rings. The van der Waals surface area contributed by atoms with Crippen molar-refractivity contribution < 1.29 is 0 Å². The van der Waals surface area contributed by atoms with E-state index in [1.807, 2.05) is 12.1 Å². The number of nitrogens with one attached hydrogen (secondary N) is 1. The molecule has 0 aliphatic heterocycles. The van der Waals surface area contributed by atoms with Crippen LogP contribution in [0.1, 0.15) is 38.2 Å². The molecule has 1 fully saturated rings. The van der Waals surface area contributed by atoms with Gasteiger partial charge in [-0.15, -0.1) is 0 Å². The summed E-state index contributed by atoms with van der Waals surface area (Å²) >= 11 is 0. The third-order valence-corrected chi connectivity index (χ3v) is 3.85. The SMILES string of the molecule is CC1CCCC(CNCc2ccccc2N)C1. The van der Waals surface area contributed by atoms with Gasteiger partial charge in [0.25, 0.3) is 0 Å². The van der Waals surface area contributed by atoms with Crippen molar-refractivity contribution in [2.75, 3.05) is 12.3 Å². The summed E-state index contributed by atoms with van der Waals surface area (Å²) in [5.74, 6) is 1.78. The zero-order valence-electron chi connectivity index (χ0n) is 10.8. The number of nitrogens with two attached hydrogens (primary N) is 1. The van der Waals surface area contributed by atoms with Gasteiger partial charge in [-0.05, 0) is 42.9 Å². The van der Waals surface area contributed by atoms with Gasteiger partial charge in [0.05, 0.1) is 0 Å². The molecule has 2 heteroatoms. The van der Waals surface area contributed by atoms with E-state index in [1.54, 1.807) is 0 Å². The Morgan fingerprint density at radius 3 is 2.88 bits per heavy atom. The van der Waals surface area contributed by atoms with Crippen LogP contribution in [0.2, 0.25) is 0 Å². The van der Waals surface area contributed by atoms with E-state index in [9.17, 15) is 0 Å². The predicted molar refractivity (Wildman–Crippen MR) is 73.7 cm³/mol. The molecule has 1 aromatic rings. The van der Waals surface area contributed by atoms with Crippen molar-refractivity contribution in [2.24, 2.45) is 11.8 Å². The van der Waals surface area contributed by atoms with Gasteiger partial charge in [-0.1, -0.05) is 38.0 Å². The second-order valence-electron chi connectivity index (χ2n) is 5.47. The van der Waals surface area contributed by atoms with E-state index in [0.717, 1.165) is 30.6 Å². The third kappa shape index (κ3) is 3.74. The lowest BCUT2D eigenvalue weighted by Gasteiger charge is -2.26. The van der Waals surface area contributed by atoms with Crippen LogP contribution in [0.4, 0.5) is 5.69 Å². The monoisotopic (exact) mass is 232 g/mol. The van der Waals surface area contributed by atoms with E-state index in [4.69, 9.17) is 5.73 Å². The quantitative estimate of drug-likeness (QED) is 0.782. The summed E-state index contributed by atoms with van der Waals surface area (Å²) in [7, 11) is 0. The van der Waals surface area contributed by atoms with Crippen molar-refractivity contribution in [1.82, 2.24) is 5.32 Å². The molecule has 17 heavy (non-hydrogen) atoms. The molecular formula is C15H24N2. The maximum absolute atomic E-state index is 5.92. The largest absolute Gasteiger partial charge is 0.398 e. The van der Waals surface area contributed by atoms with Crippen LogP contribution in [0.25, 0.3) is 0 Å². The Balaban J connectivity index is 1.74. The summed E-state index contributed by atoms with van der Waals surface area (Å²) in [6.45, 7) is 4.41. The molecule has 2 atom stereocenters. The zero-order valence-corrected chi connectivity index (χ0v) is 10.8. The number of anilines is 1. The lowest BCUT2D eigenvalue weighted by molar-refractivity contribution is 0.274. The lowest BCUT2D eigenvalue weighted by atomic mass is 9.82. The molecule has 0 saturated heterocycles. The number of rotatable bonds is 4. The minimum Gasteiger partial charge on any atom is -0.398 e. The Morgan fingerprint density at radius 1 is 1.29 bits per heavy atom. The summed E-state index contributed by atoms with van der Waals surface area (Å²) in [6, 6.07) is 8.11. The smallest absolute Gasteiger partial charge is 0.0359 e. The zero-order chi connectivity index (χ0) is 12.1. The van der Waals surface area contributed by atoms with Gasteiger partial charge >= 0.3 is 0 Å². The van der Waals surface area contributed by atoms with Crippen molar-refractivity contribution in [1.29, 1.82) is 0 Å². The normalized spacial score (nSPS) is 24.8. The molecule has 0 amide bonds. The number of hydrogen-bond acceptors (Lipinski definition) is 2. The molecule has 94 valence electrons. The van der Waals surface area contributed by atoms with E-state index in [0.29, 0.717) is 0 Å². The predicted octanol–water partition coefficient (Wildman–Crippen LogP) is 3.18. The van der Waals surface area contributed by atoms with Crippen LogP contribution in [0, 0.1) is 11.8 Å². The Bertz CT molecular complexity index is 349. The molecule has 1 aromatic carbocycles. The first-order valence-electron chi connectivity index (χ1n) is 6.80. The van der Waals surface area contributed by atoms with Gasteiger partial charge in [0.2, 0.25) is 0 Å². The standard InChI is InChI=1S/C15H24N2/c1-12-5-4-6-13(9-12)10-17-11-14-7-2-3-8-15(14)16/h2-3,7-8,12-13,17H,4-6,9-11,16H2,1H3. The molecule has 0 bridgehead atoms. The average Bonchev–Trinajstić information content (AvgIpc) is 2.32. The average molecular weight is 232 g/mol. The molecule has 0 aromatic heterocycles. The van der Waals surface area contributed by atoms with E-state index in [-0.39, 0.29) is 0 Å². The van der Waals surface area contributed by atoms with Crippen LogP contribution in [0.3, 0.4) is 0 Å². The molecule has 1 saturated carbocycles. The Hall–Kier alpha value is -1.02.